The van der Waals surface area contributed by atoms with Gasteiger partial charge in [0.2, 0.25) is 5.91 Å². The Kier molecular flexibility index (Phi) is 7.97. The summed E-state index contributed by atoms with van der Waals surface area (Å²) in [5, 5.41) is 11.8. The summed E-state index contributed by atoms with van der Waals surface area (Å²) in [7, 11) is 0. The molecule has 0 aromatic heterocycles. The van der Waals surface area contributed by atoms with E-state index in [0.29, 0.717) is 37.9 Å². The van der Waals surface area contributed by atoms with Crippen LogP contribution in [0.25, 0.3) is 0 Å². The topological polar surface area (TPSA) is 86.7 Å². The van der Waals surface area contributed by atoms with E-state index < -0.39 is 12.0 Å². The van der Waals surface area contributed by atoms with Gasteiger partial charge < -0.3 is 15.3 Å². The van der Waals surface area contributed by atoms with Gasteiger partial charge in [0.1, 0.15) is 6.04 Å². The molecule has 0 saturated carbocycles. The van der Waals surface area contributed by atoms with Crippen molar-refractivity contribution in [3.8, 4) is 0 Å². The van der Waals surface area contributed by atoms with Crippen molar-refractivity contribution >= 4 is 29.5 Å². The zero-order valence-electron chi connectivity index (χ0n) is 15.0. The molecule has 0 spiro atoms. The molecule has 1 aliphatic heterocycles. The quantitative estimate of drug-likeness (QED) is 0.725. The molecule has 2 rings (SSSR count). The third-order valence-corrected chi connectivity index (χ3v) is 5.28. The van der Waals surface area contributed by atoms with Crippen LogP contribution in [0.3, 0.4) is 0 Å². The number of carboxylic acid groups (broad SMARTS) is 1. The number of carbonyl (C=O) groups excluding carboxylic acids is 2. The van der Waals surface area contributed by atoms with Gasteiger partial charge in [-0.2, -0.15) is 11.8 Å². The van der Waals surface area contributed by atoms with Crippen LogP contribution in [-0.2, 0) is 9.59 Å². The predicted molar refractivity (Wildman–Crippen MR) is 102 cm³/mol. The van der Waals surface area contributed by atoms with E-state index in [1.54, 1.807) is 40.9 Å². The summed E-state index contributed by atoms with van der Waals surface area (Å²) in [6.07, 6.45) is 4.09. The second-order valence-electron chi connectivity index (χ2n) is 6.54. The fraction of sp³-hybridized carbons (Fsp3) is 0.526. The zero-order chi connectivity index (χ0) is 18.9. The second-order valence-corrected chi connectivity index (χ2v) is 7.53. The van der Waals surface area contributed by atoms with Crippen LogP contribution in [0.2, 0.25) is 0 Å². The van der Waals surface area contributed by atoms with Crippen LogP contribution >= 0.6 is 11.8 Å². The Bertz CT molecular complexity index is 615. The van der Waals surface area contributed by atoms with Gasteiger partial charge >= 0.3 is 5.97 Å². The van der Waals surface area contributed by atoms with Crippen molar-refractivity contribution < 1.29 is 19.5 Å². The number of nitrogens with zero attached hydrogens (tertiary/aromatic N) is 1. The molecule has 1 atom stereocenters. The van der Waals surface area contributed by atoms with Crippen molar-refractivity contribution in [1.29, 1.82) is 0 Å². The smallest absolute Gasteiger partial charge is 0.303 e. The van der Waals surface area contributed by atoms with E-state index in [9.17, 15) is 14.4 Å². The number of piperidine rings is 1. The molecule has 1 fully saturated rings. The first-order chi connectivity index (χ1) is 12.5. The highest BCUT2D eigenvalue weighted by molar-refractivity contribution is 7.98. The Labute approximate surface area is 158 Å². The SMILES string of the molecule is CSCCC(NC(=O)c1ccccc1)C(=O)N1CCC(CC(=O)O)CC1. The molecule has 142 valence electrons. The molecule has 1 aromatic rings. The Morgan fingerprint density at radius 1 is 1.23 bits per heavy atom. The van der Waals surface area contributed by atoms with E-state index in [1.165, 1.54) is 0 Å². The molecular formula is C19H26N2O4S. The van der Waals surface area contributed by atoms with Crippen LogP contribution in [-0.4, -0.2) is 58.9 Å². The zero-order valence-corrected chi connectivity index (χ0v) is 15.8. The first-order valence-corrected chi connectivity index (χ1v) is 10.3. The molecule has 7 heteroatoms. The number of rotatable bonds is 8. The summed E-state index contributed by atoms with van der Waals surface area (Å²) < 4.78 is 0. The largest absolute Gasteiger partial charge is 0.481 e. The lowest BCUT2D eigenvalue weighted by atomic mass is 9.93. The number of carboxylic acids is 1. The molecule has 1 aliphatic rings. The fourth-order valence-electron chi connectivity index (χ4n) is 3.15. The van der Waals surface area contributed by atoms with Crippen molar-refractivity contribution in [2.75, 3.05) is 25.1 Å². The van der Waals surface area contributed by atoms with E-state index >= 15 is 0 Å². The normalized spacial score (nSPS) is 16.1. The molecule has 0 bridgehead atoms. The minimum atomic E-state index is -0.789. The molecule has 0 aliphatic carbocycles. The van der Waals surface area contributed by atoms with Gasteiger partial charge in [-0.05, 0) is 49.3 Å². The molecule has 26 heavy (non-hydrogen) atoms. The van der Waals surface area contributed by atoms with Gasteiger partial charge in [0.15, 0.2) is 0 Å². The van der Waals surface area contributed by atoms with Crippen LogP contribution in [0.1, 0.15) is 36.0 Å². The molecule has 1 saturated heterocycles. The lowest BCUT2D eigenvalue weighted by Crippen LogP contribution is -2.51. The van der Waals surface area contributed by atoms with Crippen molar-refractivity contribution in [2.24, 2.45) is 5.92 Å². The third-order valence-electron chi connectivity index (χ3n) is 4.64. The lowest BCUT2D eigenvalue weighted by molar-refractivity contribution is -0.139. The molecule has 6 nitrogen and oxygen atoms in total. The Hall–Kier alpha value is -2.02. The van der Waals surface area contributed by atoms with E-state index in [1.807, 2.05) is 12.3 Å². The molecule has 1 unspecified atom stereocenters. The second kappa shape index (κ2) is 10.2. The van der Waals surface area contributed by atoms with Crippen LogP contribution in [0.4, 0.5) is 0 Å². The summed E-state index contributed by atoms with van der Waals surface area (Å²) >= 11 is 1.64. The van der Waals surface area contributed by atoms with Crippen LogP contribution in [0.5, 0.6) is 0 Å². The van der Waals surface area contributed by atoms with Gasteiger partial charge in [-0.15, -0.1) is 0 Å². The van der Waals surface area contributed by atoms with Gasteiger partial charge in [-0.1, -0.05) is 18.2 Å². The Balaban J connectivity index is 1.96. The number of amides is 2. The number of thioether (sulfide) groups is 1. The average Bonchev–Trinajstić information content (AvgIpc) is 2.65. The van der Waals surface area contributed by atoms with Crippen molar-refractivity contribution in [3.05, 3.63) is 35.9 Å². The van der Waals surface area contributed by atoms with Crippen molar-refractivity contribution in [3.63, 3.8) is 0 Å². The minimum absolute atomic E-state index is 0.0721. The van der Waals surface area contributed by atoms with Gasteiger partial charge in [0, 0.05) is 25.1 Å². The lowest BCUT2D eigenvalue weighted by Gasteiger charge is -2.34. The van der Waals surface area contributed by atoms with E-state index in [2.05, 4.69) is 5.32 Å². The predicted octanol–water partition coefficient (Wildman–Crippen LogP) is 2.25. The van der Waals surface area contributed by atoms with Crippen LogP contribution < -0.4 is 5.32 Å². The molecule has 1 heterocycles. The maximum absolute atomic E-state index is 12.9. The van der Waals surface area contributed by atoms with Crippen LogP contribution in [0, 0.1) is 5.92 Å². The molecule has 1 aromatic carbocycles. The monoisotopic (exact) mass is 378 g/mol. The summed E-state index contributed by atoms with van der Waals surface area (Å²) in [6, 6.07) is 8.33. The minimum Gasteiger partial charge on any atom is -0.481 e. The first kappa shape index (κ1) is 20.3. The van der Waals surface area contributed by atoms with Gasteiger partial charge in [0.05, 0.1) is 0 Å². The highest BCUT2D eigenvalue weighted by Crippen LogP contribution is 2.21. The van der Waals surface area contributed by atoms with Crippen molar-refractivity contribution in [2.45, 2.75) is 31.7 Å². The summed E-state index contributed by atoms with van der Waals surface area (Å²) in [4.78, 5) is 37.9. The Morgan fingerprint density at radius 3 is 2.46 bits per heavy atom. The van der Waals surface area contributed by atoms with Crippen molar-refractivity contribution in [1.82, 2.24) is 10.2 Å². The standard InChI is InChI=1S/C19H26N2O4S/c1-26-12-9-16(20-18(24)15-5-3-2-4-6-15)19(25)21-10-7-14(8-11-21)13-17(22)23/h2-6,14,16H,7-13H2,1H3,(H,20,24)(H,22,23). The number of likely N-dealkylation sites (tertiary alicyclic amines) is 1. The summed E-state index contributed by atoms with van der Waals surface area (Å²) in [6.45, 7) is 1.10. The van der Waals surface area contributed by atoms with Gasteiger partial charge in [0.25, 0.3) is 5.91 Å². The van der Waals surface area contributed by atoms with E-state index in [4.69, 9.17) is 5.11 Å². The number of hydrogen-bond donors (Lipinski definition) is 2. The number of aliphatic carboxylic acids is 1. The average molecular weight is 378 g/mol. The molecular weight excluding hydrogens is 352 g/mol. The number of nitrogens with one attached hydrogen (secondary N) is 1. The third kappa shape index (κ3) is 6.05. The van der Waals surface area contributed by atoms with E-state index in [-0.39, 0.29) is 24.2 Å². The first-order valence-electron chi connectivity index (χ1n) is 8.86. The van der Waals surface area contributed by atoms with Gasteiger partial charge in [-0.3, -0.25) is 14.4 Å². The summed E-state index contributed by atoms with van der Waals surface area (Å²) in [5.41, 5.74) is 0.537. The maximum atomic E-state index is 12.9. The molecule has 2 amide bonds. The molecule has 0 radical (unpaired) electrons. The maximum Gasteiger partial charge on any atom is 0.303 e. The Morgan fingerprint density at radius 2 is 1.88 bits per heavy atom. The van der Waals surface area contributed by atoms with Gasteiger partial charge in [-0.25, -0.2) is 0 Å². The fourth-order valence-corrected chi connectivity index (χ4v) is 3.62. The number of benzene rings is 1. The highest BCUT2D eigenvalue weighted by Gasteiger charge is 2.29. The molecule has 2 N–H and O–H groups in total. The number of hydrogen-bond acceptors (Lipinski definition) is 4. The highest BCUT2D eigenvalue weighted by atomic mass is 32.2. The summed E-state index contributed by atoms with van der Waals surface area (Å²) in [5.74, 6) is -0.202. The van der Waals surface area contributed by atoms with Crippen LogP contribution in [0.15, 0.2) is 30.3 Å². The van der Waals surface area contributed by atoms with E-state index in [0.717, 1.165) is 5.75 Å². The number of carbonyl (C=O) groups is 3.